The zero-order valence-electron chi connectivity index (χ0n) is 9.17. The highest BCUT2D eigenvalue weighted by molar-refractivity contribution is 6.67. The third-order valence-corrected chi connectivity index (χ3v) is 2.33. The number of carbonyl (C=O) groups is 1. The van der Waals surface area contributed by atoms with Gasteiger partial charge in [-0.3, -0.25) is 5.32 Å². The Morgan fingerprint density at radius 3 is 2.59 bits per heavy atom. The van der Waals surface area contributed by atoms with E-state index in [1.807, 2.05) is 25.1 Å². The molecule has 1 amide bonds. The smallest absolute Gasteiger partial charge is 0.411 e. The Labute approximate surface area is 115 Å². The SMILES string of the molecule is CCc1ccccc1NC(=O)OCC(Cl)(Cl)Cl. The highest BCUT2D eigenvalue weighted by Crippen LogP contribution is 2.26. The molecule has 0 aliphatic carbocycles. The van der Waals surface area contributed by atoms with Gasteiger partial charge < -0.3 is 4.74 Å². The molecule has 0 saturated heterocycles. The van der Waals surface area contributed by atoms with Gasteiger partial charge in [0.1, 0.15) is 6.61 Å². The normalized spacial score (nSPS) is 11.1. The summed E-state index contributed by atoms with van der Waals surface area (Å²) in [6.45, 7) is 1.70. The van der Waals surface area contributed by atoms with Crippen LogP contribution < -0.4 is 5.32 Å². The fourth-order valence-corrected chi connectivity index (χ4v) is 1.41. The van der Waals surface area contributed by atoms with Crippen LogP contribution in [-0.2, 0) is 11.2 Å². The number of hydrogen-bond acceptors (Lipinski definition) is 2. The van der Waals surface area contributed by atoms with Gasteiger partial charge in [-0.25, -0.2) is 4.79 Å². The number of para-hydroxylation sites is 1. The molecule has 17 heavy (non-hydrogen) atoms. The van der Waals surface area contributed by atoms with E-state index in [0.29, 0.717) is 5.69 Å². The lowest BCUT2D eigenvalue weighted by Crippen LogP contribution is -2.21. The second-order valence-corrected chi connectivity index (χ2v) is 5.84. The van der Waals surface area contributed by atoms with Gasteiger partial charge >= 0.3 is 6.09 Å². The summed E-state index contributed by atoms with van der Waals surface area (Å²) in [5.41, 5.74) is 1.71. The first-order valence-electron chi connectivity index (χ1n) is 5.01. The molecule has 0 radical (unpaired) electrons. The highest BCUT2D eigenvalue weighted by atomic mass is 35.6. The van der Waals surface area contributed by atoms with Crippen molar-refractivity contribution in [3.05, 3.63) is 29.8 Å². The first kappa shape index (κ1) is 14.4. The number of amides is 1. The van der Waals surface area contributed by atoms with E-state index in [4.69, 9.17) is 39.5 Å². The molecule has 0 spiro atoms. The van der Waals surface area contributed by atoms with Crippen LogP contribution in [0.15, 0.2) is 24.3 Å². The molecule has 0 fully saturated rings. The second-order valence-electron chi connectivity index (χ2n) is 3.33. The Morgan fingerprint density at radius 2 is 2.00 bits per heavy atom. The van der Waals surface area contributed by atoms with Crippen LogP contribution in [0.4, 0.5) is 10.5 Å². The molecule has 1 aromatic carbocycles. The van der Waals surface area contributed by atoms with Crippen molar-refractivity contribution in [2.75, 3.05) is 11.9 Å². The summed E-state index contributed by atoms with van der Waals surface area (Å²) in [5, 5.41) is 2.60. The van der Waals surface area contributed by atoms with Crippen LogP contribution in [0.2, 0.25) is 0 Å². The lowest BCUT2D eigenvalue weighted by molar-refractivity contribution is 0.164. The van der Waals surface area contributed by atoms with Gasteiger partial charge in [-0.1, -0.05) is 59.9 Å². The maximum Gasteiger partial charge on any atom is 0.411 e. The minimum absolute atomic E-state index is 0.294. The average Bonchev–Trinajstić information content (AvgIpc) is 2.26. The van der Waals surface area contributed by atoms with Crippen molar-refractivity contribution in [1.29, 1.82) is 0 Å². The molecular weight excluding hydrogens is 284 g/mol. The van der Waals surface area contributed by atoms with E-state index in [-0.39, 0.29) is 6.61 Å². The Morgan fingerprint density at radius 1 is 1.35 bits per heavy atom. The second kappa shape index (κ2) is 6.34. The van der Waals surface area contributed by atoms with Crippen molar-refractivity contribution >= 4 is 46.6 Å². The van der Waals surface area contributed by atoms with Crippen molar-refractivity contribution in [2.24, 2.45) is 0 Å². The van der Waals surface area contributed by atoms with Gasteiger partial charge in [0.05, 0.1) is 0 Å². The van der Waals surface area contributed by atoms with Crippen LogP contribution in [0.25, 0.3) is 0 Å². The molecule has 0 bridgehead atoms. The Hall–Kier alpha value is -0.640. The molecular formula is C11H12Cl3NO2. The third-order valence-electron chi connectivity index (χ3n) is 2.00. The van der Waals surface area contributed by atoms with Gasteiger partial charge in [-0.15, -0.1) is 0 Å². The number of alkyl halides is 3. The molecule has 0 aliphatic rings. The number of nitrogens with one attached hydrogen (secondary N) is 1. The van der Waals surface area contributed by atoms with E-state index in [0.717, 1.165) is 12.0 Å². The van der Waals surface area contributed by atoms with Gasteiger partial charge in [0.15, 0.2) is 0 Å². The predicted molar refractivity (Wildman–Crippen MR) is 71.1 cm³/mol. The summed E-state index contributed by atoms with van der Waals surface area (Å²) in [5.74, 6) is 0. The van der Waals surface area contributed by atoms with E-state index >= 15 is 0 Å². The first-order valence-corrected chi connectivity index (χ1v) is 6.14. The molecule has 1 rings (SSSR count). The topological polar surface area (TPSA) is 38.3 Å². The number of halogens is 3. The highest BCUT2D eigenvalue weighted by Gasteiger charge is 2.22. The molecule has 0 aliphatic heterocycles. The van der Waals surface area contributed by atoms with E-state index in [2.05, 4.69) is 5.32 Å². The maximum atomic E-state index is 11.4. The number of ether oxygens (including phenoxy) is 1. The summed E-state index contributed by atoms with van der Waals surface area (Å²) in [6.07, 6.45) is 0.165. The summed E-state index contributed by atoms with van der Waals surface area (Å²) >= 11 is 16.4. The van der Waals surface area contributed by atoms with Gasteiger partial charge in [0.2, 0.25) is 3.79 Å². The molecule has 6 heteroatoms. The monoisotopic (exact) mass is 295 g/mol. The number of carbonyl (C=O) groups excluding carboxylic acids is 1. The lowest BCUT2D eigenvalue weighted by Gasteiger charge is -2.13. The van der Waals surface area contributed by atoms with E-state index in [1.54, 1.807) is 6.07 Å². The average molecular weight is 297 g/mol. The molecule has 1 aromatic rings. The van der Waals surface area contributed by atoms with E-state index in [9.17, 15) is 4.79 Å². The lowest BCUT2D eigenvalue weighted by atomic mass is 10.1. The Kier molecular flexibility index (Phi) is 5.37. The van der Waals surface area contributed by atoms with E-state index < -0.39 is 9.89 Å². The number of hydrogen-bond donors (Lipinski definition) is 1. The quantitative estimate of drug-likeness (QED) is 0.850. The first-order chi connectivity index (χ1) is 7.92. The molecule has 94 valence electrons. The van der Waals surface area contributed by atoms with Crippen molar-refractivity contribution in [1.82, 2.24) is 0 Å². The standard InChI is InChI=1S/C11H12Cl3NO2/c1-2-8-5-3-4-6-9(8)15-10(16)17-7-11(12,13)14/h3-6H,2,7H2,1H3,(H,15,16). The van der Waals surface area contributed by atoms with Crippen LogP contribution in [-0.4, -0.2) is 16.5 Å². The molecule has 0 aromatic heterocycles. The molecule has 0 unspecified atom stereocenters. The number of benzene rings is 1. The molecule has 0 saturated carbocycles. The molecule has 3 nitrogen and oxygen atoms in total. The van der Waals surface area contributed by atoms with Crippen LogP contribution >= 0.6 is 34.8 Å². The largest absolute Gasteiger partial charge is 0.445 e. The van der Waals surface area contributed by atoms with Crippen molar-refractivity contribution in [2.45, 2.75) is 17.1 Å². The van der Waals surface area contributed by atoms with Gasteiger partial charge in [-0.2, -0.15) is 0 Å². The van der Waals surface area contributed by atoms with Gasteiger partial charge in [-0.05, 0) is 18.1 Å². The van der Waals surface area contributed by atoms with Crippen LogP contribution in [0, 0.1) is 0 Å². The van der Waals surface area contributed by atoms with Crippen LogP contribution in [0.3, 0.4) is 0 Å². The zero-order chi connectivity index (χ0) is 12.9. The fraction of sp³-hybridized carbons (Fsp3) is 0.364. The maximum absolute atomic E-state index is 11.4. The summed E-state index contributed by atoms with van der Waals surface area (Å²) in [7, 11) is 0. The number of rotatable bonds is 3. The Bertz CT molecular complexity index is 391. The van der Waals surface area contributed by atoms with Crippen molar-refractivity contribution < 1.29 is 9.53 Å². The van der Waals surface area contributed by atoms with E-state index in [1.165, 1.54) is 0 Å². The van der Waals surface area contributed by atoms with Crippen LogP contribution in [0.5, 0.6) is 0 Å². The summed E-state index contributed by atoms with van der Waals surface area (Å²) in [4.78, 5) is 11.4. The Balaban J connectivity index is 2.56. The minimum Gasteiger partial charge on any atom is -0.445 e. The van der Waals surface area contributed by atoms with Crippen LogP contribution in [0.1, 0.15) is 12.5 Å². The van der Waals surface area contributed by atoms with Crippen molar-refractivity contribution in [3.8, 4) is 0 Å². The zero-order valence-corrected chi connectivity index (χ0v) is 11.4. The van der Waals surface area contributed by atoms with Crippen molar-refractivity contribution in [3.63, 3.8) is 0 Å². The van der Waals surface area contributed by atoms with Gasteiger partial charge in [0, 0.05) is 5.69 Å². The van der Waals surface area contributed by atoms with Gasteiger partial charge in [0.25, 0.3) is 0 Å². The molecule has 0 heterocycles. The molecule has 0 atom stereocenters. The minimum atomic E-state index is -1.60. The molecule has 1 N–H and O–H groups in total. The summed E-state index contributed by atoms with van der Waals surface area (Å²) in [6, 6.07) is 7.43. The number of aryl methyl sites for hydroxylation is 1. The third kappa shape index (κ3) is 5.48. The summed E-state index contributed by atoms with van der Waals surface area (Å²) < 4.78 is 3.17. The predicted octanol–water partition coefficient (Wildman–Crippen LogP) is 4.17. The fourth-order valence-electron chi connectivity index (χ4n) is 1.24. The number of anilines is 1.